The molecule has 0 saturated heterocycles. The zero-order chi connectivity index (χ0) is 15.0. The first-order valence-corrected chi connectivity index (χ1v) is 7.78. The molecule has 3 rings (SSSR count). The third-order valence-electron chi connectivity index (χ3n) is 3.11. The van der Waals surface area contributed by atoms with Crippen LogP contribution in [0.25, 0.3) is 16.3 Å². The molecule has 0 N–H and O–H groups in total. The first-order chi connectivity index (χ1) is 10.1. The SMILES string of the molecule is Cc1ccsc1-c1nn(-c2ccc(Cl)c(Cl)c2)cc1C=O. The van der Waals surface area contributed by atoms with Crippen molar-refractivity contribution in [3.63, 3.8) is 0 Å². The minimum Gasteiger partial charge on any atom is -0.298 e. The van der Waals surface area contributed by atoms with Crippen molar-refractivity contribution < 1.29 is 4.79 Å². The Hall–Kier alpha value is -1.62. The average molecular weight is 337 g/mol. The second-order valence-electron chi connectivity index (χ2n) is 4.53. The maximum absolute atomic E-state index is 11.3. The van der Waals surface area contributed by atoms with E-state index in [9.17, 15) is 4.79 Å². The van der Waals surface area contributed by atoms with Gasteiger partial charge in [-0.3, -0.25) is 4.79 Å². The molecule has 1 aromatic carbocycles. The van der Waals surface area contributed by atoms with Gasteiger partial charge >= 0.3 is 0 Å². The predicted molar refractivity (Wildman–Crippen MR) is 87.0 cm³/mol. The molecule has 0 bridgehead atoms. The lowest BCUT2D eigenvalue weighted by Crippen LogP contribution is -1.94. The van der Waals surface area contributed by atoms with Crippen molar-refractivity contribution in [1.29, 1.82) is 0 Å². The third-order valence-corrected chi connectivity index (χ3v) is 4.88. The number of aldehydes is 1. The van der Waals surface area contributed by atoms with Gasteiger partial charge < -0.3 is 0 Å². The molecule has 0 spiro atoms. The monoisotopic (exact) mass is 336 g/mol. The molecule has 0 aliphatic heterocycles. The fraction of sp³-hybridized carbons (Fsp3) is 0.0667. The average Bonchev–Trinajstić information content (AvgIpc) is 3.07. The van der Waals surface area contributed by atoms with Crippen LogP contribution in [0.4, 0.5) is 0 Å². The normalized spacial score (nSPS) is 10.8. The van der Waals surface area contributed by atoms with E-state index in [2.05, 4.69) is 5.10 Å². The van der Waals surface area contributed by atoms with Crippen LogP contribution in [0, 0.1) is 6.92 Å². The zero-order valence-electron chi connectivity index (χ0n) is 11.0. The minimum atomic E-state index is 0.450. The van der Waals surface area contributed by atoms with Gasteiger partial charge in [0, 0.05) is 6.20 Å². The van der Waals surface area contributed by atoms with Crippen LogP contribution in [0.5, 0.6) is 0 Å². The van der Waals surface area contributed by atoms with Crippen molar-refractivity contribution in [2.24, 2.45) is 0 Å². The summed E-state index contributed by atoms with van der Waals surface area (Å²) in [5, 5.41) is 7.44. The van der Waals surface area contributed by atoms with Gasteiger partial charge in [-0.25, -0.2) is 4.68 Å². The smallest absolute Gasteiger partial charge is 0.153 e. The molecule has 0 fully saturated rings. The van der Waals surface area contributed by atoms with Crippen LogP contribution >= 0.6 is 34.5 Å². The molecule has 2 heterocycles. The standard InChI is InChI=1S/C15H10Cl2N2OS/c1-9-4-5-21-15(9)14-10(8-20)7-19(18-14)11-2-3-12(16)13(17)6-11/h2-8H,1H3. The Balaban J connectivity index is 2.13. The number of nitrogens with zero attached hydrogens (tertiary/aromatic N) is 2. The van der Waals surface area contributed by atoms with Crippen molar-refractivity contribution in [3.05, 3.63) is 57.0 Å². The molecule has 0 amide bonds. The molecule has 3 nitrogen and oxygen atoms in total. The molecule has 0 aliphatic rings. The van der Waals surface area contributed by atoms with E-state index in [-0.39, 0.29) is 0 Å². The van der Waals surface area contributed by atoms with E-state index in [4.69, 9.17) is 23.2 Å². The Labute approximate surface area is 135 Å². The van der Waals surface area contributed by atoms with Crippen LogP contribution in [-0.2, 0) is 0 Å². The van der Waals surface area contributed by atoms with Gasteiger partial charge in [0.25, 0.3) is 0 Å². The first-order valence-electron chi connectivity index (χ1n) is 6.15. The molecule has 0 unspecified atom stereocenters. The van der Waals surface area contributed by atoms with Gasteiger partial charge in [-0.1, -0.05) is 23.2 Å². The molecule has 3 aromatic rings. The summed E-state index contributed by atoms with van der Waals surface area (Å²) in [5.74, 6) is 0. The molecular weight excluding hydrogens is 327 g/mol. The number of hydrogen-bond acceptors (Lipinski definition) is 3. The Morgan fingerprint density at radius 1 is 1.24 bits per heavy atom. The zero-order valence-corrected chi connectivity index (χ0v) is 13.3. The van der Waals surface area contributed by atoms with Crippen LogP contribution in [0.2, 0.25) is 10.0 Å². The fourth-order valence-electron chi connectivity index (χ4n) is 2.03. The predicted octanol–water partition coefficient (Wildman–Crippen LogP) is 5.03. The summed E-state index contributed by atoms with van der Waals surface area (Å²) >= 11 is 13.5. The highest BCUT2D eigenvalue weighted by molar-refractivity contribution is 7.13. The number of rotatable bonds is 3. The molecule has 0 radical (unpaired) electrons. The van der Waals surface area contributed by atoms with E-state index < -0.39 is 0 Å². The number of aromatic nitrogens is 2. The van der Waals surface area contributed by atoms with E-state index in [1.807, 2.05) is 18.4 Å². The second kappa shape index (κ2) is 5.64. The van der Waals surface area contributed by atoms with E-state index in [0.717, 1.165) is 22.4 Å². The van der Waals surface area contributed by atoms with Crippen LogP contribution in [-0.4, -0.2) is 16.1 Å². The maximum atomic E-state index is 11.3. The van der Waals surface area contributed by atoms with Gasteiger partial charge in [-0.05, 0) is 42.1 Å². The van der Waals surface area contributed by atoms with Crippen LogP contribution in [0.15, 0.2) is 35.8 Å². The van der Waals surface area contributed by atoms with Crippen molar-refractivity contribution >= 4 is 40.8 Å². The molecule has 6 heteroatoms. The summed E-state index contributed by atoms with van der Waals surface area (Å²) in [6.07, 6.45) is 2.51. The largest absolute Gasteiger partial charge is 0.298 e. The number of carbonyl (C=O) groups excluding carboxylic acids is 1. The molecule has 106 valence electrons. The minimum absolute atomic E-state index is 0.450. The van der Waals surface area contributed by atoms with E-state index in [1.165, 1.54) is 0 Å². The van der Waals surface area contributed by atoms with Gasteiger partial charge in [0.2, 0.25) is 0 Å². The summed E-state index contributed by atoms with van der Waals surface area (Å²) in [5.41, 5.74) is 3.09. The van der Waals surface area contributed by atoms with Gasteiger partial charge in [0.15, 0.2) is 6.29 Å². The number of aryl methyl sites for hydroxylation is 1. The molecule has 0 atom stereocenters. The highest BCUT2D eigenvalue weighted by atomic mass is 35.5. The maximum Gasteiger partial charge on any atom is 0.153 e. The van der Waals surface area contributed by atoms with Crippen molar-refractivity contribution in [2.75, 3.05) is 0 Å². The lowest BCUT2D eigenvalue weighted by molar-refractivity contribution is 0.112. The number of thiophene rings is 1. The van der Waals surface area contributed by atoms with Crippen LogP contribution in [0.3, 0.4) is 0 Å². The first kappa shape index (κ1) is 14.3. The fourth-order valence-corrected chi connectivity index (χ4v) is 3.25. The second-order valence-corrected chi connectivity index (χ2v) is 6.26. The number of hydrogen-bond donors (Lipinski definition) is 0. The Morgan fingerprint density at radius 3 is 2.67 bits per heavy atom. The molecular formula is C15H10Cl2N2OS. The van der Waals surface area contributed by atoms with Gasteiger partial charge in [-0.15, -0.1) is 11.3 Å². The highest BCUT2D eigenvalue weighted by Gasteiger charge is 2.15. The van der Waals surface area contributed by atoms with E-state index in [1.54, 1.807) is 40.4 Å². The summed E-state index contributed by atoms with van der Waals surface area (Å²) in [6, 6.07) is 7.24. The quantitative estimate of drug-likeness (QED) is 0.629. The number of benzene rings is 1. The topological polar surface area (TPSA) is 34.9 Å². The van der Waals surface area contributed by atoms with Gasteiger partial charge in [0.1, 0.15) is 5.69 Å². The molecule has 0 aliphatic carbocycles. The molecule has 2 aromatic heterocycles. The van der Waals surface area contributed by atoms with Crippen LogP contribution < -0.4 is 0 Å². The number of halogens is 2. The van der Waals surface area contributed by atoms with Gasteiger partial charge in [-0.2, -0.15) is 5.10 Å². The lowest BCUT2D eigenvalue weighted by atomic mass is 10.2. The third kappa shape index (κ3) is 2.62. The Bertz CT molecular complexity index is 823. The molecule has 21 heavy (non-hydrogen) atoms. The van der Waals surface area contributed by atoms with E-state index in [0.29, 0.717) is 21.3 Å². The lowest BCUT2D eigenvalue weighted by Gasteiger charge is -2.03. The molecule has 0 saturated carbocycles. The Morgan fingerprint density at radius 2 is 2.05 bits per heavy atom. The van der Waals surface area contributed by atoms with Crippen molar-refractivity contribution in [3.8, 4) is 16.3 Å². The Kier molecular flexibility index (Phi) is 3.85. The number of carbonyl (C=O) groups is 1. The summed E-state index contributed by atoms with van der Waals surface area (Å²) in [7, 11) is 0. The van der Waals surface area contributed by atoms with Crippen molar-refractivity contribution in [1.82, 2.24) is 9.78 Å². The summed E-state index contributed by atoms with van der Waals surface area (Å²) in [4.78, 5) is 12.3. The highest BCUT2D eigenvalue weighted by Crippen LogP contribution is 2.31. The van der Waals surface area contributed by atoms with Crippen molar-refractivity contribution in [2.45, 2.75) is 6.92 Å². The van der Waals surface area contributed by atoms with Crippen LogP contribution in [0.1, 0.15) is 15.9 Å². The summed E-state index contributed by atoms with van der Waals surface area (Å²) < 4.78 is 1.64. The van der Waals surface area contributed by atoms with Gasteiger partial charge in [0.05, 0.1) is 26.2 Å². The van der Waals surface area contributed by atoms with E-state index >= 15 is 0 Å². The summed E-state index contributed by atoms with van der Waals surface area (Å²) in [6.45, 7) is 2.00.